The summed E-state index contributed by atoms with van der Waals surface area (Å²) in [5, 5.41) is 3.25. The van der Waals surface area contributed by atoms with Crippen LogP contribution in [0.3, 0.4) is 0 Å². The van der Waals surface area contributed by atoms with Crippen LogP contribution in [0.25, 0.3) is 0 Å². The molecule has 0 bridgehead atoms. The molecule has 1 aliphatic carbocycles. The number of aromatic nitrogens is 2. The molecule has 1 aromatic heterocycles. The minimum atomic E-state index is 0.139. The summed E-state index contributed by atoms with van der Waals surface area (Å²) < 4.78 is 0. The van der Waals surface area contributed by atoms with Crippen molar-refractivity contribution in [2.75, 3.05) is 31.1 Å². The van der Waals surface area contributed by atoms with E-state index in [0.29, 0.717) is 6.04 Å². The van der Waals surface area contributed by atoms with Crippen molar-refractivity contribution in [3.05, 3.63) is 18.0 Å². The zero-order valence-electron chi connectivity index (χ0n) is 15.0. The fraction of sp³-hybridized carbons (Fsp3) is 0.737. The molecule has 6 nitrogen and oxygen atoms in total. The van der Waals surface area contributed by atoms with E-state index in [2.05, 4.69) is 20.1 Å². The van der Waals surface area contributed by atoms with E-state index >= 15 is 0 Å². The Morgan fingerprint density at radius 3 is 2.72 bits per heavy atom. The smallest absolute Gasteiger partial charge is 0.225 e. The fourth-order valence-electron chi connectivity index (χ4n) is 4.35. The second-order valence-corrected chi connectivity index (χ2v) is 7.75. The van der Waals surface area contributed by atoms with E-state index in [1.165, 1.54) is 25.7 Å². The molecule has 1 unspecified atom stereocenters. The quantitative estimate of drug-likeness (QED) is 0.885. The van der Waals surface area contributed by atoms with Gasteiger partial charge in [0.05, 0.1) is 11.6 Å². The zero-order chi connectivity index (χ0) is 17.1. The highest BCUT2D eigenvalue weighted by molar-refractivity contribution is 5.79. The third kappa shape index (κ3) is 4.11. The average molecular weight is 343 g/mol. The van der Waals surface area contributed by atoms with Crippen molar-refractivity contribution in [2.45, 2.75) is 57.5 Å². The van der Waals surface area contributed by atoms with Gasteiger partial charge in [-0.1, -0.05) is 12.8 Å². The molecule has 0 spiro atoms. The lowest BCUT2D eigenvalue weighted by Gasteiger charge is -2.19. The SMILES string of the molecule is O=C(NC1CCCC1)C1CCN(Cc2ccnc(N3CCCC3)n2)C1. The Labute approximate surface area is 150 Å². The third-order valence-electron chi connectivity index (χ3n) is 5.82. The number of hydrogen-bond acceptors (Lipinski definition) is 5. The molecule has 2 saturated heterocycles. The Morgan fingerprint density at radius 1 is 1.12 bits per heavy atom. The molecule has 0 radical (unpaired) electrons. The van der Waals surface area contributed by atoms with Crippen LogP contribution in [0.4, 0.5) is 5.95 Å². The van der Waals surface area contributed by atoms with Gasteiger partial charge in [-0.15, -0.1) is 0 Å². The predicted octanol–water partition coefficient (Wildman–Crippen LogP) is 1.96. The van der Waals surface area contributed by atoms with Crippen LogP contribution in [-0.2, 0) is 11.3 Å². The van der Waals surface area contributed by atoms with Crippen molar-refractivity contribution >= 4 is 11.9 Å². The molecule has 3 aliphatic rings. The molecule has 1 atom stereocenters. The number of likely N-dealkylation sites (tertiary alicyclic amines) is 1. The molecule has 3 fully saturated rings. The van der Waals surface area contributed by atoms with E-state index < -0.39 is 0 Å². The average Bonchev–Trinajstić information content (AvgIpc) is 3.38. The van der Waals surface area contributed by atoms with Crippen LogP contribution in [0.5, 0.6) is 0 Å². The Balaban J connectivity index is 1.30. The topological polar surface area (TPSA) is 61.4 Å². The number of nitrogens with one attached hydrogen (secondary N) is 1. The summed E-state index contributed by atoms with van der Waals surface area (Å²) in [6.45, 7) is 4.77. The first-order valence-corrected chi connectivity index (χ1v) is 9.87. The summed E-state index contributed by atoms with van der Waals surface area (Å²) in [4.78, 5) is 26.3. The van der Waals surface area contributed by atoms with Crippen LogP contribution >= 0.6 is 0 Å². The number of carbonyl (C=O) groups is 1. The van der Waals surface area contributed by atoms with Crippen LogP contribution in [0.2, 0.25) is 0 Å². The lowest BCUT2D eigenvalue weighted by Crippen LogP contribution is -2.38. The van der Waals surface area contributed by atoms with Gasteiger partial charge in [0.2, 0.25) is 11.9 Å². The van der Waals surface area contributed by atoms with Crippen molar-refractivity contribution < 1.29 is 4.79 Å². The number of anilines is 1. The molecular weight excluding hydrogens is 314 g/mol. The van der Waals surface area contributed by atoms with Crippen molar-refractivity contribution in [1.29, 1.82) is 0 Å². The van der Waals surface area contributed by atoms with Crippen molar-refractivity contribution in [3.8, 4) is 0 Å². The molecule has 25 heavy (non-hydrogen) atoms. The molecule has 1 saturated carbocycles. The normalized spacial score (nSPS) is 25.0. The van der Waals surface area contributed by atoms with Gasteiger partial charge in [0, 0.05) is 38.4 Å². The summed E-state index contributed by atoms with van der Waals surface area (Å²) in [5.74, 6) is 1.26. The van der Waals surface area contributed by atoms with Gasteiger partial charge in [-0.2, -0.15) is 0 Å². The zero-order valence-corrected chi connectivity index (χ0v) is 15.0. The van der Waals surface area contributed by atoms with Crippen LogP contribution in [0.15, 0.2) is 12.3 Å². The first-order valence-electron chi connectivity index (χ1n) is 9.87. The van der Waals surface area contributed by atoms with E-state index in [9.17, 15) is 4.79 Å². The van der Waals surface area contributed by atoms with Crippen molar-refractivity contribution in [2.24, 2.45) is 5.92 Å². The summed E-state index contributed by atoms with van der Waals surface area (Å²) in [7, 11) is 0. The summed E-state index contributed by atoms with van der Waals surface area (Å²) >= 11 is 0. The van der Waals surface area contributed by atoms with Crippen LogP contribution in [0, 0.1) is 5.92 Å². The third-order valence-corrected chi connectivity index (χ3v) is 5.82. The maximum absolute atomic E-state index is 12.5. The number of rotatable bonds is 5. The molecule has 4 rings (SSSR count). The summed E-state index contributed by atoms with van der Waals surface area (Å²) in [6, 6.07) is 2.43. The lowest BCUT2D eigenvalue weighted by atomic mass is 10.1. The standard InChI is InChI=1S/C19H29N5O/c25-18(21-16-5-1-2-6-16)15-8-12-23(13-15)14-17-7-9-20-19(22-17)24-10-3-4-11-24/h7,9,15-16H,1-6,8,10-14H2,(H,21,25). The van der Waals surface area contributed by atoms with Crippen LogP contribution in [0.1, 0.15) is 50.6 Å². The van der Waals surface area contributed by atoms with Gasteiger partial charge in [0.1, 0.15) is 0 Å². The van der Waals surface area contributed by atoms with Gasteiger partial charge >= 0.3 is 0 Å². The molecule has 1 amide bonds. The highest BCUT2D eigenvalue weighted by Gasteiger charge is 2.30. The first kappa shape index (κ1) is 16.8. The van der Waals surface area contributed by atoms with Gasteiger partial charge in [0.25, 0.3) is 0 Å². The maximum atomic E-state index is 12.5. The molecule has 6 heteroatoms. The monoisotopic (exact) mass is 343 g/mol. The molecule has 3 heterocycles. The van der Waals surface area contributed by atoms with Crippen LogP contribution < -0.4 is 10.2 Å². The fourth-order valence-corrected chi connectivity index (χ4v) is 4.35. The Morgan fingerprint density at radius 2 is 1.92 bits per heavy atom. The van der Waals surface area contributed by atoms with Gasteiger partial charge in [0.15, 0.2) is 0 Å². The van der Waals surface area contributed by atoms with E-state index in [4.69, 9.17) is 4.98 Å². The highest BCUT2D eigenvalue weighted by Crippen LogP contribution is 2.22. The van der Waals surface area contributed by atoms with Gasteiger partial charge < -0.3 is 10.2 Å². The molecule has 2 aliphatic heterocycles. The molecule has 0 aromatic carbocycles. The van der Waals surface area contributed by atoms with Gasteiger partial charge in [-0.3, -0.25) is 9.69 Å². The molecular formula is C19H29N5O. The van der Waals surface area contributed by atoms with Crippen molar-refractivity contribution in [3.63, 3.8) is 0 Å². The van der Waals surface area contributed by atoms with E-state index in [1.807, 2.05) is 12.3 Å². The van der Waals surface area contributed by atoms with E-state index in [-0.39, 0.29) is 11.8 Å². The van der Waals surface area contributed by atoms with E-state index in [0.717, 1.165) is 63.6 Å². The lowest BCUT2D eigenvalue weighted by molar-refractivity contribution is -0.125. The number of carbonyl (C=O) groups excluding carboxylic acids is 1. The number of hydrogen-bond donors (Lipinski definition) is 1. The van der Waals surface area contributed by atoms with Gasteiger partial charge in [-0.05, 0) is 44.7 Å². The maximum Gasteiger partial charge on any atom is 0.225 e. The van der Waals surface area contributed by atoms with Crippen molar-refractivity contribution in [1.82, 2.24) is 20.2 Å². The Kier molecular flexibility index (Phi) is 5.15. The largest absolute Gasteiger partial charge is 0.353 e. The summed E-state index contributed by atoms with van der Waals surface area (Å²) in [6.07, 6.45) is 10.1. The minimum absolute atomic E-state index is 0.139. The second kappa shape index (κ2) is 7.68. The highest BCUT2D eigenvalue weighted by atomic mass is 16.2. The minimum Gasteiger partial charge on any atom is -0.353 e. The first-order chi connectivity index (χ1) is 12.3. The Hall–Kier alpha value is -1.69. The molecule has 1 N–H and O–H groups in total. The number of nitrogens with zero attached hydrogens (tertiary/aromatic N) is 4. The number of amides is 1. The van der Waals surface area contributed by atoms with E-state index in [1.54, 1.807) is 0 Å². The summed E-state index contributed by atoms with van der Waals surface area (Å²) in [5.41, 5.74) is 1.06. The Bertz CT molecular complexity index is 595. The molecule has 136 valence electrons. The predicted molar refractivity (Wildman–Crippen MR) is 97.3 cm³/mol. The van der Waals surface area contributed by atoms with Crippen LogP contribution in [-0.4, -0.2) is 53.0 Å². The van der Waals surface area contributed by atoms with Gasteiger partial charge in [-0.25, -0.2) is 9.97 Å². The molecule has 1 aromatic rings. The second-order valence-electron chi connectivity index (χ2n) is 7.75.